The van der Waals surface area contributed by atoms with E-state index in [-0.39, 0.29) is 17.0 Å². The van der Waals surface area contributed by atoms with Gasteiger partial charge in [0.15, 0.2) is 0 Å². The zero-order valence-electron chi connectivity index (χ0n) is 14.7. The number of halogens is 1. The lowest BCUT2D eigenvalue weighted by atomic mass is 10.1. The van der Waals surface area contributed by atoms with Crippen molar-refractivity contribution in [2.24, 2.45) is 0 Å². The molecule has 1 N–H and O–H groups in total. The Bertz CT molecular complexity index is 852. The smallest absolute Gasteiger partial charge is 0.290 e. The Morgan fingerprint density at radius 3 is 2.59 bits per heavy atom. The van der Waals surface area contributed by atoms with Crippen molar-refractivity contribution in [1.82, 2.24) is 5.32 Å². The second-order valence-electron chi connectivity index (χ2n) is 6.19. The van der Waals surface area contributed by atoms with Crippen LogP contribution in [0.25, 0.3) is 0 Å². The van der Waals surface area contributed by atoms with Gasteiger partial charge < -0.3 is 4.74 Å². The summed E-state index contributed by atoms with van der Waals surface area (Å²) in [5.41, 5.74) is 1.68. The summed E-state index contributed by atoms with van der Waals surface area (Å²) in [5, 5.41) is 1.89. The van der Waals surface area contributed by atoms with E-state index in [0.29, 0.717) is 35.7 Å². The van der Waals surface area contributed by atoms with Gasteiger partial charge in [-0.25, -0.2) is 4.39 Å². The molecule has 1 aliphatic heterocycles. The number of hydrogen-bond acceptors (Lipinski definition) is 4. The lowest BCUT2D eigenvalue weighted by molar-refractivity contribution is -0.115. The molecule has 0 bridgehead atoms. The number of amides is 2. The SMILES string of the molecule is O=C1NC(=O)C(=CCCCCc2ccc(OCc3ccccc3)cc2F)S1. The van der Waals surface area contributed by atoms with Crippen molar-refractivity contribution in [1.29, 1.82) is 0 Å². The predicted molar refractivity (Wildman–Crippen MR) is 104 cm³/mol. The molecule has 4 nitrogen and oxygen atoms in total. The van der Waals surface area contributed by atoms with Crippen LogP contribution in [0.5, 0.6) is 5.75 Å². The van der Waals surface area contributed by atoms with Gasteiger partial charge in [-0.15, -0.1) is 0 Å². The maximum Gasteiger partial charge on any atom is 0.290 e. The number of benzene rings is 2. The molecule has 27 heavy (non-hydrogen) atoms. The maximum absolute atomic E-state index is 14.2. The van der Waals surface area contributed by atoms with E-state index in [9.17, 15) is 14.0 Å². The third kappa shape index (κ3) is 5.69. The summed E-state index contributed by atoms with van der Waals surface area (Å²) in [7, 11) is 0. The van der Waals surface area contributed by atoms with Crippen LogP contribution in [0.1, 0.15) is 30.4 Å². The fourth-order valence-electron chi connectivity index (χ4n) is 2.71. The molecule has 2 aromatic carbocycles. The minimum atomic E-state index is -0.331. The van der Waals surface area contributed by atoms with Crippen LogP contribution in [0, 0.1) is 5.82 Å². The monoisotopic (exact) mass is 385 g/mol. The first-order valence-corrected chi connectivity index (χ1v) is 9.62. The Morgan fingerprint density at radius 2 is 1.89 bits per heavy atom. The van der Waals surface area contributed by atoms with E-state index in [1.807, 2.05) is 30.3 Å². The predicted octanol–water partition coefficient (Wildman–Crippen LogP) is 4.98. The van der Waals surface area contributed by atoms with Gasteiger partial charge in [0.1, 0.15) is 18.2 Å². The zero-order valence-corrected chi connectivity index (χ0v) is 15.6. The molecule has 0 spiro atoms. The summed E-state index contributed by atoms with van der Waals surface area (Å²) >= 11 is 0.923. The molecular formula is C21H20FNO3S. The molecular weight excluding hydrogens is 365 g/mol. The maximum atomic E-state index is 14.2. The Hall–Kier alpha value is -2.60. The number of ether oxygens (including phenoxy) is 1. The highest BCUT2D eigenvalue weighted by atomic mass is 32.2. The van der Waals surface area contributed by atoms with E-state index in [2.05, 4.69) is 5.32 Å². The third-order valence-corrected chi connectivity index (χ3v) is 5.00. The fraction of sp³-hybridized carbons (Fsp3) is 0.238. The number of allylic oxidation sites excluding steroid dienone is 1. The number of thioether (sulfide) groups is 1. The van der Waals surface area contributed by atoms with E-state index in [1.54, 1.807) is 18.2 Å². The molecule has 1 aliphatic rings. The molecule has 0 unspecified atom stereocenters. The topological polar surface area (TPSA) is 55.4 Å². The van der Waals surface area contributed by atoms with Crippen LogP contribution in [0.2, 0.25) is 0 Å². The van der Waals surface area contributed by atoms with E-state index in [4.69, 9.17) is 4.74 Å². The van der Waals surface area contributed by atoms with Crippen LogP contribution >= 0.6 is 11.8 Å². The number of nitrogens with one attached hydrogen (secondary N) is 1. The summed E-state index contributed by atoms with van der Waals surface area (Å²) in [6.45, 7) is 0.405. The fourth-order valence-corrected chi connectivity index (χ4v) is 3.40. The standard InChI is InChI=1S/C21H20FNO3S/c22-18-13-17(26-14-15-7-3-1-4-8-15)12-11-16(18)9-5-2-6-10-19-20(24)23-21(25)27-19/h1,3-4,7-8,10-13H,2,5-6,9,14H2,(H,23,24,25). The minimum absolute atomic E-state index is 0.268. The first-order chi connectivity index (χ1) is 13.1. The molecule has 1 heterocycles. The molecule has 1 fully saturated rings. The highest BCUT2D eigenvalue weighted by molar-refractivity contribution is 8.18. The lowest BCUT2D eigenvalue weighted by Crippen LogP contribution is -2.17. The van der Waals surface area contributed by atoms with Crippen molar-refractivity contribution in [3.05, 3.63) is 76.5 Å². The highest BCUT2D eigenvalue weighted by Crippen LogP contribution is 2.24. The second kappa shape index (κ2) is 9.37. The van der Waals surface area contributed by atoms with E-state index >= 15 is 0 Å². The summed E-state index contributed by atoms with van der Waals surface area (Å²) in [6, 6.07) is 14.7. The Kier molecular flexibility index (Phi) is 6.65. The summed E-state index contributed by atoms with van der Waals surface area (Å²) in [4.78, 5) is 22.9. The molecule has 2 aromatic rings. The molecule has 2 amide bonds. The van der Waals surface area contributed by atoms with Crippen molar-refractivity contribution in [3.8, 4) is 5.75 Å². The van der Waals surface area contributed by atoms with Gasteiger partial charge in [0, 0.05) is 6.07 Å². The van der Waals surface area contributed by atoms with Crippen molar-refractivity contribution in [2.45, 2.75) is 32.3 Å². The van der Waals surface area contributed by atoms with Gasteiger partial charge in [0.25, 0.3) is 11.1 Å². The molecule has 140 valence electrons. The molecule has 0 saturated carbocycles. The number of hydrogen-bond donors (Lipinski definition) is 1. The molecule has 0 atom stereocenters. The number of unbranched alkanes of at least 4 members (excludes halogenated alkanes) is 2. The number of carbonyl (C=O) groups is 2. The van der Waals surface area contributed by atoms with Gasteiger partial charge in [-0.05, 0) is 54.6 Å². The summed E-state index contributed by atoms with van der Waals surface area (Å²) in [5.74, 6) is -0.0869. The number of carbonyl (C=O) groups excluding carboxylic acids is 2. The Labute approximate surface area is 161 Å². The normalized spacial score (nSPS) is 15.2. The summed E-state index contributed by atoms with van der Waals surface area (Å²) < 4.78 is 19.9. The van der Waals surface area contributed by atoms with Gasteiger partial charge in [0.05, 0.1) is 4.91 Å². The van der Waals surface area contributed by atoms with Gasteiger partial charge in [-0.1, -0.05) is 42.5 Å². The molecule has 0 aromatic heterocycles. The van der Waals surface area contributed by atoms with Crippen LogP contribution in [0.15, 0.2) is 59.5 Å². The number of imide groups is 1. The van der Waals surface area contributed by atoms with Crippen LogP contribution in [-0.4, -0.2) is 11.1 Å². The second-order valence-corrected chi connectivity index (χ2v) is 7.20. The third-order valence-electron chi connectivity index (χ3n) is 4.14. The first kappa shape index (κ1) is 19.2. The van der Waals surface area contributed by atoms with Gasteiger partial charge >= 0.3 is 0 Å². The van der Waals surface area contributed by atoms with Crippen LogP contribution in [-0.2, 0) is 17.8 Å². The van der Waals surface area contributed by atoms with Gasteiger partial charge in [-0.3, -0.25) is 14.9 Å². The Balaban J connectivity index is 1.43. The van der Waals surface area contributed by atoms with Crippen molar-refractivity contribution < 1.29 is 18.7 Å². The highest BCUT2D eigenvalue weighted by Gasteiger charge is 2.24. The molecule has 0 radical (unpaired) electrons. The van der Waals surface area contributed by atoms with Gasteiger partial charge in [-0.2, -0.15) is 0 Å². The first-order valence-electron chi connectivity index (χ1n) is 8.80. The lowest BCUT2D eigenvalue weighted by Gasteiger charge is -2.08. The average molecular weight is 385 g/mol. The number of aryl methyl sites for hydroxylation is 1. The van der Waals surface area contributed by atoms with Crippen LogP contribution in [0.4, 0.5) is 9.18 Å². The van der Waals surface area contributed by atoms with Gasteiger partial charge in [0.2, 0.25) is 0 Å². The van der Waals surface area contributed by atoms with E-state index in [1.165, 1.54) is 6.07 Å². The summed E-state index contributed by atoms with van der Waals surface area (Å²) in [6.07, 6.45) is 4.68. The molecule has 6 heteroatoms. The van der Waals surface area contributed by atoms with Crippen molar-refractivity contribution in [2.75, 3.05) is 0 Å². The quantitative estimate of drug-likeness (QED) is 0.514. The Morgan fingerprint density at radius 1 is 1.07 bits per heavy atom. The largest absolute Gasteiger partial charge is 0.489 e. The minimum Gasteiger partial charge on any atom is -0.489 e. The van der Waals surface area contributed by atoms with Crippen molar-refractivity contribution in [3.63, 3.8) is 0 Å². The van der Waals surface area contributed by atoms with Crippen LogP contribution < -0.4 is 10.1 Å². The molecule has 0 aliphatic carbocycles. The van der Waals surface area contributed by atoms with Crippen molar-refractivity contribution >= 4 is 22.9 Å². The average Bonchev–Trinajstić information content (AvgIpc) is 2.99. The number of rotatable bonds is 8. The zero-order chi connectivity index (χ0) is 19.1. The van der Waals surface area contributed by atoms with E-state index < -0.39 is 0 Å². The molecule has 1 saturated heterocycles. The molecule has 3 rings (SSSR count). The van der Waals surface area contributed by atoms with E-state index in [0.717, 1.165) is 30.2 Å². The van der Waals surface area contributed by atoms with Crippen LogP contribution in [0.3, 0.4) is 0 Å².